The third kappa shape index (κ3) is 0.383. The molecule has 0 heterocycles. The van der Waals surface area contributed by atoms with E-state index < -0.39 is 0 Å². The predicted molar refractivity (Wildman–Crippen MR) is 41.5 cm³/mol. The molecule has 0 nitrogen and oxygen atoms in total. The summed E-state index contributed by atoms with van der Waals surface area (Å²) in [4.78, 5) is 0. The average molecular weight is 136 g/mol. The van der Waals surface area contributed by atoms with Crippen LogP contribution in [0.4, 0.5) is 0 Å². The lowest BCUT2D eigenvalue weighted by atomic mass is 9.68. The third-order valence-electron chi connectivity index (χ3n) is 4.73. The molecule has 4 rings (SSSR count). The monoisotopic (exact) mass is 136 g/mol. The standard InChI is InChI=1S/C10H16/c1-5-3-9-7-4-8(6(7)2)10(5)9/h5-10H,3-4H2,1-2H3. The van der Waals surface area contributed by atoms with Gasteiger partial charge in [0.15, 0.2) is 0 Å². The van der Waals surface area contributed by atoms with Gasteiger partial charge in [-0.1, -0.05) is 13.8 Å². The Morgan fingerprint density at radius 3 is 2.10 bits per heavy atom. The molecule has 0 radical (unpaired) electrons. The molecule has 6 atom stereocenters. The van der Waals surface area contributed by atoms with Gasteiger partial charge in [0, 0.05) is 0 Å². The van der Waals surface area contributed by atoms with Crippen LogP contribution in [0.3, 0.4) is 0 Å². The highest BCUT2D eigenvalue weighted by atomic mass is 14.7. The smallest absolute Gasteiger partial charge is 0.0326 e. The van der Waals surface area contributed by atoms with E-state index in [2.05, 4.69) is 13.8 Å². The SMILES string of the molecule is CC1CC2C3CC(C3C)C12. The van der Waals surface area contributed by atoms with E-state index in [9.17, 15) is 0 Å². The molecule has 10 heavy (non-hydrogen) atoms. The van der Waals surface area contributed by atoms with Gasteiger partial charge in [-0.05, 0) is 48.3 Å². The maximum atomic E-state index is 2.48. The normalized spacial score (nSPS) is 70.2. The highest BCUT2D eigenvalue weighted by molar-refractivity contribution is 5.11. The zero-order valence-corrected chi connectivity index (χ0v) is 6.88. The zero-order chi connectivity index (χ0) is 6.88. The molecular weight excluding hydrogens is 120 g/mol. The maximum absolute atomic E-state index is 2.48. The molecule has 4 fully saturated rings. The molecular formula is C10H16. The first-order valence-corrected chi connectivity index (χ1v) is 4.79. The Labute approximate surface area is 63.0 Å². The van der Waals surface area contributed by atoms with Gasteiger partial charge in [-0.3, -0.25) is 0 Å². The molecule has 0 aromatic carbocycles. The summed E-state index contributed by atoms with van der Waals surface area (Å²) in [6, 6.07) is 0. The summed E-state index contributed by atoms with van der Waals surface area (Å²) in [6.45, 7) is 4.93. The van der Waals surface area contributed by atoms with E-state index in [1.165, 1.54) is 23.7 Å². The molecule has 0 aromatic heterocycles. The predicted octanol–water partition coefficient (Wildman–Crippen LogP) is 2.54. The van der Waals surface area contributed by atoms with E-state index >= 15 is 0 Å². The molecule has 6 unspecified atom stereocenters. The Morgan fingerprint density at radius 2 is 1.70 bits per heavy atom. The van der Waals surface area contributed by atoms with Crippen molar-refractivity contribution in [1.82, 2.24) is 0 Å². The van der Waals surface area contributed by atoms with Crippen LogP contribution in [0.1, 0.15) is 26.7 Å². The molecule has 0 aliphatic heterocycles. The van der Waals surface area contributed by atoms with Crippen molar-refractivity contribution < 1.29 is 0 Å². The van der Waals surface area contributed by atoms with E-state index in [0.29, 0.717) is 0 Å². The fourth-order valence-corrected chi connectivity index (χ4v) is 4.11. The Balaban J connectivity index is 1.91. The first-order valence-electron chi connectivity index (χ1n) is 4.79. The van der Waals surface area contributed by atoms with Crippen molar-refractivity contribution in [3.05, 3.63) is 0 Å². The summed E-state index contributed by atoms with van der Waals surface area (Å²) in [7, 11) is 0. The lowest BCUT2D eigenvalue weighted by molar-refractivity contribution is 0.112. The van der Waals surface area contributed by atoms with Crippen LogP contribution in [-0.2, 0) is 0 Å². The number of hydrogen-bond acceptors (Lipinski definition) is 0. The van der Waals surface area contributed by atoms with Crippen LogP contribution in [0.5, 0.6) is 0 Å². The summed E-state index contributed by atoms with van der Waals surface area (Å²) in [5, 5.41) is 0. The van der Waals surface area contributed by atoms with Crippen LogP contribution in [0.15, 0.2) is 0 Å². The summed E-state index contributed by atoms with van der Waals surface area (Å²) < 4.78 is 0. The second-order valence-electron chi connectivity index (χ2n) is 4.88. The van der Waals surface area contributed by atoms with Gasteiger partial charge < -0.3 is 0 Å². The second-order valence-corrected chi connectivity index (χ2v) is 4.88. The van der Waals surface area contributed by atoms with E-state index in [4.69, 9.17) is 0 Å². The largest absolute Gasteiger partial charge is 0.0622 e. The Hall–Kier alpha value is 0. The van der Waals surface area contributed by atoms with Crippen molar-refractivity contribution in [3.8, 4) is 0 Å². The van der Waals surface area contributed by atoms with E-state index in [-0.39, 0.29) is 0 Å². The Morgan fingerprint density at radius 1 is 0.900 bits per heavy atom. The van der Waals surface area contributed by atoms with Gasteiger partial charge in [-0.25, -0.2) is 0 Å². The first kappa shape index (κ1) is 5.62. The van der Waals surface area contributed by atoms with Gasteiger partial charge in [-0.2, -0.15) is 0 Å². The van der Waals surface area contributed by atoms with Crippen LogP contribution in [0.25, 0.3) is 0 Å². The molecule has 0 N–H and O–H groups in total. The Kier molecular flexibility index (Phi) is 0.810. The molecule has 4 aliphatic carbocycles. The van der Waals surface area contributed by atoms with Crippen molar-refractivity contribution in [2.45, 2.75) is 26.7 Å². The molecule has 4 saturated carbocycles. The molecule has 0 aromatic rings. The van der Waals surface area contributed by atoms with E-state index in [1.807, 2.05) is 0 Å². The average Bonchev–Trinajstić information content (AvgIpc) is 2.31. The van der Waals surface area contributed by atoms with Crippen molar-refractivity contribution in [3.63, 3.8) is 0 Å². The molecule has 0 amide bonds. The van der Waals surface area contributed by atoms with Crippen molar-refractivity contribution in [2.24, 2.45) is 35.5 Å². The summed E-state index contributed by atoms with van der Waals surface area (Å²) >= 11 is 0. The van der Waals surface area contributed by atoms with Crippen molar-refractivity contribution >= 4 is 0 Å². The molecule has 0 saturated heterocycles. The van der Waals surface area contributed by atoms with E-state index in [0.717, 1.165) is 11.8 Å². The van der Waals surface area contributed by atoms with Crippen LogP contribution in [0, 0.1) is 35.5 Å². The van der Waals surface area contributed by atoms with Crippen LogP contribution in [0.2, 0.25) is 0 Å². The molecule has 4 aliphatic rings. The highest BCUT2D eigenvalue weighted by Crippen LogP contribution is 2.69. The van der Waals surface area contributed by atoms with Crippen molar-refractivity contribution in [2.75, 3.05) is 0 Å². The van der Waals surface area contributed by atoms with Crippen LogP contribution in [-0.4, -0.2) is 0 Å². The summed E-state index contributed by atoms with van der Waals surface area (Å²) in [5.74, 6) is 6.91. The number of hydrogen-bond donors (Lipinski definition) is 0. The van der Waals surface area contributed by atoms with Gasteiger partial charge in [0.25, 0.3) is 0 Å². The topological polar surface area (TPSA) is 0 Å². The minimum atomic E-state index is 1.09. The lowest BCUT2D eigenvalue weighted by Gasteiger charge is -2.37. The van der Waals surface area contributed by atoms with Gasteiger partial charge in [0.05, 0.1) is 0 Å². The van der Waals surface area contributed by atoms with Crippen molar-refractivity contribution in [1.29, 1.82) is 0 Å². The quantitative estimate of drug-likeness (QED) is 0.480. The van der Waals surface area contributed by atoms with Gasteiger partial charge in [-0.15, -0.1) is 0 Å². The highest BCUT2D eigenvalue weighted by Gasteiger charge is 2.63. The van der Waals surface area contributed by atoms with Crippen LogP contribution >= 0.6 is 0 Å². The molecule has 2 bridgehead atoms. The molecule has 0 spiro atoms. The zero-order valence-electron chi connectivity index (χ0n) is 6.88. The number of rotatable bonds is 0. The van der Waals surface area contributed by atoms with Gasteiger partial charge in [0.2, 0.25) is 0 Å². The van der Waals surface area contributed by atoms with Gasteiger partial charge in [0.1, 0.15) is 0 Å². The maximum Gasteiger partial charge on any atom is -0.0326 e. The summed E-state index contributed by atoms with van der Waals surface area (Å²) in [5.41, 5.74) is 0. The Bertz CT molecular complexity index is 169. The summed E-state index contributed by atoms with van der Waals surface area (Å²) in [6.07, 6.45) is 3.16. The molecule has 0 heteroatoms. The first-order chi connectivity index (χ1) is 4.79. The lowest BCUT2D eigenvalue weighted by Crippen LogP contribution is -2.31. The second kappa shape index (κ2) is 1.44. The molecule has 56 valence electrons. The van der Waals surface area contributed by atoms with Gasteiger partial charge >= 0.3 is 0 Å². The fraction of sp³-hybridized carbons (Fsp3) is 1.00. The van der Waals surface area contributed by atoms with Crippen LogP contribution < -0.4 is 0 Å². The minimum Gasteiger partial charge on any atom is -0.0622 e. The minimum absolute atomic E-state index is 1.09. The van der Waals surface area contributed by atoms with E-state index in [1.54, 1.807) is 12.8 Å². The third-order valence-corrected chi connectivity index (χ3v) is 4.73. The fourth-order valence-electron chi connectivity index (χ4n) is 4.11.